The largest absolute Gasteiger partial charge is 0.351 e. The van der Waals surface area contributed by atoms with Crippen molar-refractivity contribution in [2.75, 3.05) is 6.54 Å². The Kier molecular flexibility index (Phi) is 6.81. The average molecular weight is 383 g/mol. The first-order chi connectivity index (χ1) is 12.3. The summed E-state index contributed by atoms with van der Waals surface area (Å²) in [5, 5.41) is 10.9. The predicted octanol–water partition coefficient (Wildman–Crippen LogP) is 0.927. The fourth-order valence-corrected chi connectivity index (χ4v) is 3.29. The van der Waals surface area contributed by atoms with Crippen molar-refractivity contribution in [1.29, 1.82) is 0 Å². The molecule has 2 N–H and O–H groups in total. The molecular formula is C16H22FN5O3S. The van der Waals surface area contributed by atoms with Crippen LogP contribution in [0.15, 0.2) is 41.6 Å². The molecule has 142 valence electrons. The van der Waals surface area contributed by atoms with E-state index in [0.717, 1.165) is 12.1 Å². The molecule has 26 heavy (non-hydrogen) atoms. The summed E-state index contributed by atoms with van der Waals surface area (Å²) in [6, 6.07) is 4.50. The van der Waals surface area contributed by atoms with E-state index in [1.807, 2.05) is 13.8 Å². The van der Waals surface area contributed by atoms with E-state index in [1.165, 1.54) is 16.9 Å². The fourth-order valence-electron chi connectivity index (χ4n) is 2.23. The van der Waals surface area contributed by atoms with Gasteiger partial charge >= 0.3 is 0 Å². The van der Waals surface area contributed by atoms with Gasteiger partial charge in [0, 0.05) is 13.0 Å². The first-order valence-electron chi connectivity index (χ1n) is 8.16. The van der Waals surface area contributed by atoms with Crippen LogP contribution >= 0.6 is 0 Å². The molecule has 0 aliphatic heterocycles. The van der Waals surface area contributed by atoms with Crippen molar-refractivity contribution in [2.24, 2.45) is 5.92 Å². The van der Waals surface area contributed by atoms with Crippen LogP contribution in [0.1, 0.15) is 20.3 Å². The van der Waals surface area contributed by atoms with Gasteiger partial charge in [-0.3, -0.25) is 4.79 Å². The Morgan fingerprint density at radius 1 is 1.27 bits per heavy atom. The van der Waals surface area contributed by atoms with Crippen molar-refractivity contribution in [2.45, 2.75) is 37.8 Å². The minimum atomic E-state index is -3.86. The number of aromatic nitrogens is 3. The maximum atomic E-state index is 13.2. The molecule has 2 aromatic rings. The number of rotatable bonds is 9. The Morgan fingerprint density at radius 3 is 2.58 bits per heavy atom. The van der Waals surface area contributed by atoms with Crippen molar-refractivity contribution in [1.82, 2.24) is 25.0 Å². The predicted molar refractivity (Wildman–Crippen MR) is 93.0 cm³/mol. The van der Waals surface area contributed by atoms with Gasteiger partial charge in [0.2, 0.25) is 15.9 Å². The molecule has 1 amide bonds. The molecule has 0 saturated heterocycles. The molecule has 0 saturated carbocycles. The Labute approximate surface area is 151 Å². The number of sulfonamides is 1. The lowest BCUT2D eigenvalue weighted by Crippen LogP contribution is -2.43. The van der Waals surface area contributed by atoms with Crippen molar-refractivity contribution >= 4 is 15.9 Å². The highest BCUT2D eigenvalue weighted by molar-refractivity contribution is 7.89. The minimum Gasteiger partial charge on any atom is -0.351 e. The quantitative estimate of drug-likeness (QED) is 0.670. The van der Waals surface area contributed by atoms with Gasteiger partial charge in [-0.15, -0.1) is 0 Å². The summed E-state index contributed by atoms with van der Waals surface area (Å²) >= 11 is 0. The Balaban J connectivity index is 1.85. The van der Waals surface area contributed by atoms with Gasteiger partial charge in [-0.25, -0.2) is 17.5 Å². The lowest BCUT2D eigenvalue weighted by molar-refractivity contribution is -0.122. The average Bonchev–Trinajstić information content (AvgIpc) is 3.07. The van der Waals surface area contributed by atoms with E-state index in [9.17, 15) is 17.6 Å². The van der Waals surface area contributed by atoms with E-state index >= 15 is 0 Å². The van der Waals surface area contributed by atoms with Crippen LogP contribution in [0.25, 0.3) is 0 Å². The molecule has 0 aliphatic rings. The zero-order chi connectivity index (χ0) is 19.2. The molecular weight excluding hydrogens is 361 g/mol. The fraction of sp³-hybridized carbons (Fsp3) is 0.438. The Morgan fingerprint density at radius 2 is 1.96 bits per heavy atom. The number of nitrogens with one attached hydrogen (secondary N) is 2. The first-order valence-corrected chi connectivity index (χ1v) is 9.65. The number of nitrogens with zero attached hydrogens (tertiary/aromatic N) is 3. The standard InChI is InChI=1S/C16H22FN5O3S/c1-12(2)15(11-22-18-8-9-19-22)21-16(23)6-7-20-26(24,25)14-5-3-4-13(17)10-14/h3-5,8-10,12,15,20H,6-7,11H2,1-2H3,(H,21,23). The second-order valence-corrected chi connectivity index (χ2v) is 7.87. The van der Waals surface area contributed by atoms with Crippen molar-refractivity contribution in [3.63, 3.8) is 0 Å². The summed E-state index contributed by atoms with van der Waals surface area (Å²) in [6.45, 7) is 4.25. The monoisotopic (exact) mass is 383 g/mol. The number of halogens is 1. The molecule has 0 bridgehead atoms. The Hall–Kier alpha value is -2.33. The minimum absolute atomic E-state index is 0.0374. The molecule has 1 aromatic heterocycles. The topological polar surface area (TPSA) is 106 Å². The smallest absolute Gasteiger partial charge is 0.240 e. The summed E-state index contributed by atoms with van der Waals surface area (Å²) < 4.78 is 39.6. The number of benzene rings is 1. The van der Waals surface area contributed by atoms with E-state index in [0.29, 0.717) is 6.54 Å². The van der Waals surface area contributed by atoms with Crippen LogP contribution in [-0.4, -0.2) is 41.9 Å². The van der Waals surface area contributed by atoms with Gasteiger partial charge in [0.1, 0.15) is 5.82 Å². The SMILES string of the molecule is CC(C)C(Cn1nccn1)NC(=O)CCNS(=O)(=O)c1cccc(F)c1. The van der Waals surface area contributed by atoms with Gasteiger partial charge < -0.3 is 5.32 Å². The zero-order valence-electron chi connectivity index (χ0n) is 14.6. The van der Waals surface area contributed by atoms with E-state index < -0.39 is 15.8 Å². The summed E-state index contributed by atoms with van der Waals surface area (Å²) in [5.74, 6) is -0.788. The maximum Gasteiger partial charge on any atom is 0.240 e. The van der Waals surface area contributed by atoms with Crippen molar-refractivity contribution in [3.8, 4) is 0 Å². The van der Waals surface area contributed by atoms with E-state index in [-0.39, 0.29) is 35.7 Å². The van der Waals surface area contributed by atoms with E-state index in [1.54, 1.807) is 12.4 Å². The summed E-state index contributed by atoms with van der Waals surface area (Å²) in [7, 11) is -3.86. The number of carbonyl (C=O) groups excluding carboxylic acids is 1. The lowest BCUT2D eigenvalue weighted by Gasteiger charge is -2.21. The number of hydrogen-bond acceptors (Lipinski definition) is 5. The van der Waals surface area contributed by atoms with Crippen LogP contribution in [0.5, 0.6) is 0 Å². The highest BCUT2D eigenvalue weighted by Gasteiger charge is 2.19. The van der Waals surface area contributed by atoms with Gasteiger partial charge in [-0.1, -0.05) is 19.9 Å². The molecule has 1 aromatic carbocycles. The molecule has 8 nitrogen and oxygen atoms in total. The van der Waals surface area contributed by atoms with Gasteiger partial charge in [-0.05, 0) is 24.1 Å². The third-order valence-electron chi connectivity index (χ3n) is 3.73. The third kappa shape index (κ3) is 5.88. The first kappa shape index (κ1) is 20.0. The van der Waals surface area contributed by atoms with Crippen LogP contribution in [0.4, 0.5) is 4.39 Å². The van der Waals surface area contributed by atoms with Gasteiger partial charge in [-0.2, -0.15) is 15.0 Å². The van der Waals surface area contributed by atoms with Crippen molar-refractivity contribution < 1.29 is 17.6 Å². The maximum absolute atomic E-state index is 13.2. The van der Waals surface area contributed by atoms with Crippen LogP contribution in [0, 0.1) is 11.7 Å². The summed E-state index contributed by atoms with van der Waals surface area (Å²) in [6.07, 6.45) is 3.07. The van der Waals surface area contributed by atoms with Gasteiger partial charge in [0.15, 0.2) is 0 Å². The molecule has 0 aliphatic carbocycles. The molecule has 1 unspecified atom stereocenters. The summed E-state index contributed by atoms with van der Waals surface area (Å²) in [5.41, 5.74) is 0. The number of amides is 1. The molecule has 2 rings (SSSR count). The summed E-state index contributed by atoms with van der Waals surface area (Å²) in [4.78, 5) is 13.4. The van der Waals surface area contributed by atoms with Crippen LogP contribution in [-0.2, 0) is 21.4 Å². The van der Waals surface area contributed by atoms with Crippen LogP contribution < -0.4 is 10.0 Å². The van der Waals surface area contributed by atoms with Crippen molar-refractivity contribution in [3.05, 3.63) is 42.5 Å². The normalized spacial score (nSPS) is 12.9. The number of hydrogen-bond donors (Lipinski definition) is 2. The van der Waals surface area contributed by atoms with E-state index in [4.69, 9.17) is 0 Å². The van der Waals surface area contributed by atoms with Gasteiger partial charge in [0.05, 0.1) is 29.9 Å². The zero-order valence-corrected chi connectivity index (χ0v) is 15.4. The van der Waals surface area contributed by atoms with Crippen LogP contribution in [0.3, 0.4) is 0 Å². The van der Waals surface area contributed by atoms with Gasteiger partial charge in [0.25, 0.3) is 0 Å². The Bertz CT molecular complexity index is 824. The molecule has 0 fully saturated rings. The lowest BCUT2D eigenvalue weighted by atomic mass is 10.0. The van der Waals surface area contributed by atoms with E-state index in [2.05, 4.69) is 20.2 Å². The highest BCUT2D eigenvalue weighted by atomic mass is 32.2. The molecule has 1 atom stereocenters. The third-order valence-corrected chi connectivity index (χ3v) is 5.19. The van der Waals surface area contributed by atoms with Crippen LogP contribution in [0.2, 0.25) is 0 Å². The second kappa shape index (κ2) is 8.86. The highest BCUT2D eigenvalue weighted by Crippen LogP contribution is 2.10. The second-order valence-electron chi connectivity index (χ2n) is 6.11. The molecule has 1 heterocycles. The number of carbonyl (C=O) groups is 1. The molecule has 10 heteroatoms. The molecule has 0 spiro atoms. The molecule has 0 radical (unpaired) electrons.